The smallest absolute Gasteiger partial charge is 0.274 e. The summed E-state index contributed by atoms with van der Waals surface area (Å²) in [6.07, 6.45) is 3.07. The van der Waals surface area contributed by atoms with Crippen LogP contribution in [0.25, 0.3) is 10.9 Å². The Hall–Kier alpha value is -3.25. The van der Waals surface area contributed by atoms with E-state index >= 15 is 0 Å². The number of morpholine rings is 1. The van der Waals surface area contributed by atoms with E-state index in [1.165, 1.54) is 0 Å². The molecular formula is C31H41N5O5S. The molecule has 10 nitrogen and oxygen atoms in total. The summed E-state index contributed by atoms with van der Waals surface area (Å²) >= 11 is 1.71. The van der Waals surface area contributed by atoms with E-state index in [1.54, 1.807) is 24.9 Å². The first kappa shape index (κ1) is 30.2. The summed E-state index contributed by atoms with van der Waals surface area (Å²) in [5, 5.41) is 3.80. The van der Waals surface area contributed by atoms with Crippen molar-refractivity contribution in [2.75, 3.05) is 107 Å². The minimum atomic E-state index is -0.304. The zero-order chi connectivity index (χ0) is 29.3. The molecular weight excluding hydrogens is 554 g/mol. The van der Waals surface area contributed by atoms with Crippen molar-refractivity contribution < 1.29 is 23.7 Å². The van der Waals surface area contributed by atoms with Crippen LogP contribution in [0, 0.1) is 0 Å². The number of hydrogen-bond acceptors (Lipinski definition) is 10. The molecule has 1 amide bonds. The van der Waals surface area contributed by atoms with Crippen molar-refractivity contribution >= 4 is 45.6 Å². The number of methoxy groups -OCH3 is 1. The molecule has 0 aliphatic carbocycles. The van der Waals surface area contributed by atoms with Crippen LogP contribution in [0.5, 0.6) is 11.5 Å². The number of pyridine rings is 1. The molecule has 3 heterocycles. The molecule has 0 saturated carbocycles. The number of carbonyl (C=O) groups is 1. The number of hydrogen-bond donors (Lipinski definition) is 1. The molecule has 0 unspecified atom stereocenters. The van der Waals surface area contributed by atoms with Gasteiger partial charge in [-0.05, 0) is 56.6 Å². The maximum absolute atomic E-state index is 13.6. The fraction of sp³-hybridized carbons (Fsp3) is 0.484. The number of likely N-dealkylation sites (N-methyl/N-ethyl adjacent to an activating group) is 1. The highest BCUT2D eigenvalue weighted by Crippen LogP contribution is 2.37. The maximum atomic E-state index is 13.6. The van der Waals surface area contributed by atoms with Gasteiger partial charge >= 0.3 is 0 Å². The molecule has 0 atom stereocenters. The van der Waals surface area contributed by atoms with Crippen molar-refractivity contribution in [1.82, 2.24) is 9.88 Å². The zero-order valence-corrected chi connectivity index (χ0v) is 25.6. The molecule has 2 fully saturated rings. The van der Waals surface area contributed by atoms with Crippen molar-refractivity contribution in [2.24, 2.45) is 0 Å². The Bertz CT molecular complexity index is 1340. The van der Waals surface area contributed by atoms with Crippen LogP contribution in [0.4, 0.5) is 17.1 Å². The molecule has 11 heteroatoms. The molecule has 2 aliphatic rings. The molecule has 2 saturated heterocycles. The van der Waals surface area contributed by atoms with Crippen molar-refractivity contribution in [3.8, 4) is 11.5 Å². The number of nitrogens with zero attached hydrogens (tertiary/aromatic N) is 4. The average Bonchev–Trinajstić information content (AvgIpc) is 3.25. The van der Waals surface area contributed by atoms with Crippen LogP contribution >= 0.6 is 11.8 Å². The molecule has 226 valence electrons. The first-order valence-corrected chi connectivity index (χ1v) is 15.8. The first-order valence-electron chi connectivity index (χ1n) is 14.5. The van der Waals surface area contributed by atoms with Crippen LogP contribution in [0.1, 0.15) is 16.9 Å². The second kappa shape index (κ2) is 14.8. The fourth-order valence-electron chi connectivity index (χ4n) is 5.21. The van der Waals surface area contributed by atoms with Gasteiger partial charge in [0.25, 0.3) is 5.91 Å². The second-order valence-electron chi connectivity index (χ2n) is 10.5. The highest BCUT2D eigenvalue weighted by molar-refractivity contribution is 7.98. The summed E-state index contributed by atoms with van der Waals surface area (Å²) in [5.41, 5.74) is 3.72. The molecule has 1 N–H and O–H groups in total. The highest BCUT2D eigenvalue weighted by atomic mass is 32.2. The quantitative estimate of drug-likeness (QED) is 0.257. The average molecular weight is 596 g/mol. The van der Waals surface area contributed by atoms with Gasteiger partial charge in [-0.15, -0.1) is 0 Å². The third-order valence-electron chi connectivity index (χ3n) is 7.59. The third-order valence-corrected chi connectivity index (χ3v) is 8.16. The lowest BCUT2D eigenvalue weighted by atomic mass is 10.1. The molecule has 0 radical (unpaired) electrons. The zero-order valence-electron chi connectivity index (χ0n) is 24.8. The van der Waals surface area contributed by atoms with Gasteiger partial charge < -0.3 is 39.0 Å². The number of thioether (sulfide) groups is 1. The van der Waals surface area contributed by atoms with Gasteiger partial charge in [0, 0.05) is 67.4 Å². The number of fused-ring (bicyclic) bond motifs is 1. The van der Waals surface area contributed by atoms with E-state index in [1.807, 2.05) is 42.7 Å². The molecule has 3 aromatic rings. The predicted octanol–water partition coefficient (Wildman–Crippen LogP) is 4.19. The van der Waals surface area contributed by atoms with Crippen LogP contribution in [-0.2, 0) is 9.47 Å². The molecule has 1 aromatic heterocycles. The SMILES string of the molecule is COc1cc(N2CCCN(C)CC2)c2nc(C(=O)Nc3ccc(N4CCOCC4)cc3)cc(OCOCCSC)c2c1. The number of carbonyl (C=O) groups excluding carboxylic acids is 1. The van der Waals surface area contributed by atoms with Gasteiger partial charge in [-0.2, -0.15) is 11.8 Å². The molecule has 0 bridgehead atoms. The summed E-state index contributed by atoms with van der Waals surface area (Å²) in [6.45, 7) is 7.51. The summed E-state index contributed by atoms with van der Waals surface area (Å²) in [5.74, 6) is 1.81. The van der Waals surface area contributed by atoms with Gasteiger partial charge in [-0.25, -0.2) is 4.98 Å². The van der Waals surface area contributed by atoms with Crippen molar-refractivity contribution in [3.05, 3.63) is 48.2 Å². The monoisotopic (exact) mass is 595 g/mol. The van der Waals surface area contributed by atoms with E-state index in [0.29, 0.717) is 29.3 Å². The minimum absolute atomic E-state index is 0.0742. The largest absolute Gasteiger partial charge is 0.497 e. The Kier molecular flexibility index (Phi) is 10.6. The van der Waals surface area contributed by atoms with E-state index < -0.39 is 0 Å². The summed E-state index contributed by atoms with van der Waals surface area (Å²) < 4.78 is 23.0. The molecule has 5 rings (SSSR count). The number of nitrogens with one attached hydrogen (secondary N) is 1. The third kappa shape index (κ3) is 7.57. The van der Waals surface area contributed by atoms with E-state index in [0.717, 1.165) is 81.4 Å². The van der Waals surface area contributed by atoms with Crippen LogP contribution in [0.15, 0.2) is 42.5 Å². The highest BCUT2D eigenvalue weighted by Gasteiger charge is 2.22. The lowest BCUT2D eigenvalue weighted by molar-refractivity contribution is 0.0247. The van der Waals surface area contributed by atoms with E-state index in [4.69, 9.17) is 23.9 Å². The standard InChI is InChI=1S/C31H41N5O5S/c1-34-9-4-10-36(12-11-34)28-20-25(38-2)19-26-29(41-22-40-17-18-42-3)21-27(33-30(26)28)31(37)32-23-5-7-24(8-6-23)35-13-15-39-16-14-35/h5-8,19-21H,4,9-18,22H2,1-3H3,(H,32,37). The molecule has 0 spiro atoms. The van der Waals surface area contributed by atoms with E-state index in [9.17, 15) is 4.79 Å². The lowest BCUT2D eigenvalue weighted by Crippen LogP contribution is -2.36. The van der Waals surface area contributed by atoms with Crippen molar-refractivity contribution in [3.63, 3.8) is 0 Å². The Labute approximate surface area is 252 Å². The first-order chi connectivity index (χ1) is 20.6. The lowest BCUT2D eigenvalue weighted by Gasteiger charge is -2.28. The topological polar surface area (TPSA) is 88.6 Å². The Morgan fingerprint density at radius 1 is 1.02 bits per heavy atom. The van der Waals surface area contributed by atoms with Crippen molar-refractivity contribution in [1.29, 1.82) is 0 Å². The number of anilines is 3. The summed E-state index contributed by atoms with van der Waals surface area (Å²) in [4.78, 5) is 25.4. The second-order valence-corrected chi connectivity index (χ2v) is 11.4. The van der Waals surface area contributed by atoms with E-state index in [2.05, 4.69) is 27.1 Å². The number of ether oxygens (including phenoxy) is 4. The van der Waals surface area contributed by atoms with Crippen LogP contribution < -0.4 is 24.6 Å². The Balaban J connectivity index is 1.46. The molecule has 2 aliphatic heterocycles. The number of amides is 1. The minimum Gasteiger partial charge on any atom is -0.497 e. The van der Waals surface area contributed by atoms with Gasteiger partial charge in [0.15, 0.2) is 6.79 Å². The van der Waals surface area contributed by atoms with Gasteiger partial charge in [-0.1, -0.05) is 0 Å². The fourth-order valence-corrected chi connectivity index (χ4v) is 5.50. The van der Waals surface area contributed by atoms with Crippen LogP contribution in [0.2, 0.25) is 0 Å². The Morgan fingerprint density at radius 2 is 1.83 bits per heavy atom. The molecule has 2 aromatic carbocycles. The summed E-state index contributed by atoms with van der Waals surface area (Å²) in [6, 6.07) is 13.5. The van der Waals surface area contributed by atoms with E-state index in [-0.39, 0.29) is 18.4 Å². The number of benzene rings is 2. The maximum Gasteiger partial charge on any atom is 0.274 e. The van der Waals surface area contributed by atoms with Gasteiger partial charge in [0.05, 0.1) is 38.1 Å². The van der Waals surface area contributed by atoms with Gasteiger partial charge in [0.1, 0.15) is 17.2 Å². The summed E-state index contributed by atoms with van der Waals surface area (Å²) in [7, 11) is 3.80. The normalized spacial score (nSPS) is 16.4. The number of aromatic nitrogens is 1. The predicted molar refractivity (Wildman–Crippen MR) is 170 cm³/mol. The Morgan fingerprint density at radius 3 is 2.60 bits per heavy atom. The van der Waals surface area contributed by atoms with Gasteiger partial charge in [-0.3, -0.25) is 4.79 Å². The van der Waals surface area contributed by atoms with Crippen LogP contribution in [0.3, 0.4) is 0 Å². The van der Waals surface area contributed by atoms with Crippen LogP contribution in [-0.4, -0.2) is 108 Å². The van der Waals surface area contributed by atoms with Gasteiger partial charge in [0.2, 0.25) is 0 Å². The number of rotatable bonds is 11. The van der Waals surface area contributed by atoms with Crippen molar-refractivity contribution in [2.45, 2.75) is 6.42 Å². The molecule has 42 heavy (non-hydrogen) atoms.